The Morgan fingerprint density at radius 3 is 2.53 bits per heavy atom. The molecule has 0 aliphatic rings. The first-order valence-corrected chi connectivity index (χ1v) is 5.23. The Kier molecular flexibility index (Phi) is 6.00. The molecule has 0 spiro atoms. The molecule has 0 radical (unpaired) electrons. The zero-order valence-corrected chi connectivity index (χ0v) is 9.06. The zero-order valence-electron chi connectivity index (χ0n) is 9.06. The minimum absolute atomic E-state index is 0.00383. The molecular weight excluding hydrogens is 192 g/mol. The van der Waals surface area contributed by atoms with Crippen molar-refractivity contribution in [3.8, 4) is 0 Å². The third-order valence-electron chi connectivity index (χ3n) is 2.09. The molecule has 3 nitrogen and oxygen atoms in total. The Hall–Kier alpha value is -0.900. The van der Waals surface area contributed by atoms with Gasteiger partial charge in [-0.15, -0.1) is 0 Å². The molecule has 0 heterocycles. The van der Waals surface area contributed by atoms with Crippen molar-refractivity contribution < 1.29 is 14.6 Å². The normalized spacial score (nSPS) is 12.7. The van der Waals surface area contributed by atoms with Crippen LogP contribution < -0.4 is 0 Å². The van der Waals surface area contributed by atoms with Crippen LogP contribution in [0.1, 0.15) is 18.6 Å². The van der Waals surface area contributed by atoms with Crippen LogP contribution in [0.4, 0.5) is 0 Å². The average molecular weight is 210 g/mol. The molecule has 0 amide bonds. The van der Waals surface area contributed by atoms with E-state index in [1.54, 1.807) is 0 Å². The number of benzene rings is 1. The summed E-state index contributed by atoms with van der Waals surface area (Å²) < 4.78 is 10.7. The highest BCUT2D eigenvalue weighted by Gasteiger charge is 2.09. The van der Waals surface area contributed by atoms with E-state index in [4.69, 9.17) is 9.47 Å². The number of hydrogen-bond donors (Lipinski definition) is 1. The van der Waals surface area contributed by atoms with Gasteiger partial charge in [0.05, 0.1) is 19.8 Å². The van der Waals surface area contributed by atoms with E-state index in [-0.39, 0.29) is 12.7 Å². The lowest BCUT2D eigenvalue weighted by Gasteiger charge is -2.15. The van der Waals surface area contributed by atoms with E-state index in [0.717, 1.165) is 5.56 Å². The maximum Gasteiger partial charge on any atom is 0.106 e. The highest BCUT2D eigenvalue weighted by molar-refractivity contribution is 5.17. The Balaban J connectivity index is 2.36. The summed E-state index contributed by atoms with van der Waals surface area (Å²) in [4.78, 5) is 0. The van der Waals surface area contributed by atoms with Crippen molar-refractivity contribution in [2.24, 2.45) is 0 Å². The van der Waals surface area contributed by atoms with Gasteiger partial charge in [-0.2, -0.15) is 0 Å². The topological polar surface area (TPSA) is 38.7 Å². The third kappa shape index (κ3) is 4.42. The second kappa shape index (κ2) is 7.40. The van der Waals surface area contributed by atoms with Gasteiger partial charge in [0.15, 0.2) is 0 Å². The van der Waals surface area contributed by atoms with E-state index in [0.29, 0.717) is 19.8 Å². The van der Waals surface area contributed by atoms with Gasteiger partial charge in [0, 0.05) is 6.61 Å². The third-order valence-corrected chi connectivity index (χ3v) is 2.09. The van der Waals surface area contributed by atoms with E-state index in [2.05, 4.69) is 0 Å². The van der Waals surface area contributed by atoms with Crippen molar-refractivity contribution in [1.82, 2.24) is 0 Å². The van der Waals surface area contributed by atoms with Crippen LogP contribution in [0.5, 0.6) is 0 Å². The fourth-order valence-corrected chi connectivity index (χ4v) is 1.32. The molecule has 0 aliphatic carbocycles. The van der Waals surface area contributed by atoms with Gasteiger partial charge in [-0.1, -0.05) is 30.3 Å². The minimum Gasteiger partial charge on any atom is -0.393 e. The van der Waals surface area contributed by atoms with Crippen LogP contribution in [0, 0.1) is 0 Å². The Bertz CT molecular complexity index is 248. The summed E-state index contributed by atoms with van der Waals surface area (Å²) >= 11 is 0. The predicted molar refractivity (Wildman–Crippen MR) is 58.7 cm³/mol. The fraction of sp³-hybridized carbons (Fsp3) is 0.500. The molecule has 1 aromatic rings. The number of aliphatic hydroxyl groups excluding tert-OH is 1. The van der Waals surface area contributed by atoms with Crippen LogP contribution in [-0.2, 0) is 9.47 Å². The molecule has 0 saturated heterocycles. The lowest BCUT2D eigenvalue weighted by atomic mass is 10.1. The first kappa shape index (κ1) is 12.2. The van der Waals surface area contributed by atoms with Crippen LogP contribution in [-0.4, -0.2) is 31.5 Å². The molecule has 0 unspecified atom stereocenters. The molecule has 0 aliphatic heterocycles. The zero-order chi connectivity index (χ0) is 10.9. The Morgan fingerprint density at radius 1 is 1.20 bits per heavy atom. The van der Waals surface area contributed by atoms with Gasteiger partial charge in [-0.05, 0) is 12.5 Å². The second-order valence-electron chi connectivity index (χ2n) is 3.15. The highest BCUT2D eigenvalue weighted by Crippen LogP contribution is 2.15. The van der Waals surface area contributed by atoms with Crippen molar-refractivity contribution in [3.05, 3.63) is 35.9 Å². The van der Waals surface area contributed by atoms with Gasteiger partial charge in [0.1, 0.15) is 6.10 Å². The van der Waals surface area contributed by atoms with Gasteiger partial charge in [-0.25, -0.2) is 0 Å². The van der Waals surface area contributed by atoms with E-state index < -0.39 is 0 Å². The van der Waals surface area contributed by atoms with Gasteiger partial charge >= 0.3 is 0 Å². The van der Waals surface area contributed by atoms with Crippen molar-refractivity contribution in [2.75, 3.05) is 26.4 Å². The summed E-state index contributed by atoms with van der Waals surface area (Å²) in [5.41, 5.74) is 0.997. The second-order valence-corrected chi connectivity index (χ2v) is 3.15. The molecular formula is C12H18O3. The van der Waals surface area contributed by atoms with Crippen LogP contribution in [0.25, 0.3) is 0 Å². The number of ether oxygens (including phenoxy) is 2. The molecule has 0 bridgehead atoms. The van der Waals surface area contributed by atoms with Crippen molar-refractivity contribution in [2.45, 2.75) is 13.0 Å². The molecule has 3 heteroatoms. The Morgan fingerprint density at radius 2 is 1.93 bits per heavy atom. The molecule has 1 N–H and O–H groups in total. The summed E-state index contributed by atoms with van der Waals surface area (Å²) in [7, 11) is 0. The first-order valence-electron chi connectivity index (χ1n) is 5.23. The van der Waals surface area contributed by atoms with Crippen molar-refractivity contribution >= 4 is 0 Å². The largest absolute Gasteiger partial charge is 0.393 e. The molecule has 0 saturated carbocycles. The van der Waals surface area contributed by atoms with Gasteiger partial charge < -0.3 is 14.6 Å². The molecule has 0 fully saturated rings. The Labute approximate surface area is 90.6 Å². The molecule has 1 rings (SSSR count). The lowest BCUT2D eigenvalue weighted by Crippen LogP contribution is -2.12. The summed E-state index contributed by atoms with van der Waals surface area (Å²) in [5, 5.41) is 9.17. The van der Waals surface area contributed by atoms with Crippen LogP contribution >= 0.6 is 0 Å². The van der Waals surface area contributed by atoms with Gasteiger partial charge in [-0.3, -0.25) is 0 Å². The molecule has 15 heavy (non-hydrogen) atoms. The summed E-state index contributed by atoms with van der Waals surface area (Å²) in [6.07, 6.45) is -0.244. The predicted octanol–water partition coefficient (Wildman–Crippen LogP) is 1.77. The summed E-state index contributed by atoms with van der Waals surface area (Å²) in [5.74, 6) is 0. The van der Waals surface area contributed by atoms with Crippen LogP contribution in [0.2, 0.25) is 0 Å². The molecule has 1 atom stereocenters. The van der Waals surface area contributed by atoms with E-state index in [9.17, 15) is 5.11 Å². The monoisotopic (exact) mass is 210 g/mol. The minimum atomic E-state index is -0.244. The molecule has 84 valence electrons. The number of hydrogen-bond acceptors (Lipinski definition) is 3. The summed E-state index contributed by atoms with van der Waals surface area (Å²) in [6.45, 7) is 3.71. The summed E-state index contributed by atoms with van der Waals surface area (Å²) in [6, 6.07) is 9.70. The average Bonchev–Trinajstić information content (AvgIpc) is 2.30. The highest BCUT2D eigenvalue weighted by atomic mass is 16.5. The smallest absolute Gasteiger partial charge is 0.106 e. The molecule has 0 aromatic heterocycles. The van der Waals surface area contributed by atoms with E-state index >= 15 is 0 Å². The molecule has 1 aromatic carbocycles. The van der Waals surface area contributed by atoms with Gasteiger partial charge in [0.25, 0.3) is 0 Å². The standard InChI is InChI=1S/C12H18O3/c1-2-14-8-9-15-12(10-13)11-6-4-3-5-7-11/h3-7,12-13H,2,8-10H2,1H3/t12-/m1/s1. The van der Waals surface area contributed by atoms with Crippen molar-refractivity contribution in [3.63, 3.8) is 0 Å². The first-order chi connectivity index (χ1) is 7.38. The number of aliphatic hydroxyl groups is 1. The maximum atomic E-state index is 9.17. The van der Waals surface area contributed by atoms with E-state index in [1.807, 2.05) is 37.3 Å². The van der Waals surface area contributed by atoms with Crippen molar-refractivity contribution in [1.29, 1.82) is 0 Å². The van der Waals surface area contributed by atoms with E-state index in [1.165, 1.54) is 0 Å². The van der Waals surface area contributed by atoms with Crippen LogP contribution in [0.3, 0.4) is 0 Å². The lowest BCUT2D eigenvalue weighted by molar-refractivity contribution is -0.0186. The SMILES string of the molecule is CCOCCO[C@H](CO)c1ccccc1. The quantitative estimate of drug-likeness (QED) is 0.697. The maximum absolute atomic E-state index is 9.17. The van der Waals surface area contributed by atoms with Crippen LogP contribution in [0.15, 0.2) is 30.3 Å². The van der Waals surface area contributed by atoms with Gasteiger partial charge in [0.2, 0.25) is 0 Å². The fourth-order valence-electron chi connectivity index (χ4n) is 1.32. The number of rotatable bonds is 7.